The van der Waals surface area contributed by atoms with E-state index < -0.39 is 21.2 Å². The Morgan fingerprint density at radius 1 is 1.20 bits per heavy atom. The minimum Gasteiger partial charge on any atom is -0.493 e. The number of methoxy groups -OCH3 is 1. The van der Waals surface area contributed by atoms with Gasteiger partial charge in [0, 0.05) is 0 Å². The predicted octanol–water partition coefficient (Wildman–Crippen LogP) is 1.95. The van der Waals surface area contributed by atoms with Crippen molar-refractivity contribution in [1.82, 2.24) is 0 Å². The van der Waals surface area contributed by atoms with Gasteiger partial charge in [-0.05, 0) is 38.5 Å². The summed E-state index contributed by atoms with van der Waals surface area (Å²) in [5.41, 5.74) is 0.712. The second kappa shape index (κ2) is 6.95. The first-order valence-electron chi connectivity index (χ1n) is 6.48. The van der Waals surface area contributed by atoms with Crippen molar-refractivity contribution in [2.75, 3.05) is 19.5 Å². The Morgan fingerprint density at radius 2 is 1.85 bits per heavy atom. The maximum atomic E-state index is 11.7. The van der Waals surface area contributed by atoms with E-state index in [0.717, 1.165) is 0 Å². The quantitative estimate of drug-likeness (QED) is 0.833. The highest BCUT2D eigenvalue weighted by molar-refractivity contribution is 7.91. The van der Waals surface area contributed by atoms with Crippen LogP contribution in [0.25, 0.3) is 0 Å². The molecule has 1 aromatic rings. The highest BCUT2D eigenvalue weighted by atomic mass is 32.2. The van der Waals surface area contributed by atoms with Crippen LogP contribution < -0.4 is 9.47 Å². The van der Waals surface area contributed by atoms with Crippen LogP contribution in [0.15, 0.2) is 18.2 Å². The molecule has 0 amide bonds. The maximum absolute atomic E-state index is 11.7. The van der Waals surface area contributed by atoms with Gasteiger partial charge < -0.3 is 14.6 Å². The topological polar surface area (TPSA) is 72.8 Å². The SMILES string of the molecule is COc1cc(C(C)O)ccc1OCCS(=O)(=O)C(C)C. The molecule has 0 aliphatic heterocycles. The smallest absolute Gasteiger partial charge is 0.161 e. The lowest BCUT2D eigenvalue weighted by Gasteiger charge is -2.14. The van der Waals surface area contributed by atoms with Crippen LogP contribution in [0.1, 0.15) is 32.4 Å². The molecule has 1 rings (SSSR count). The standard InChI is InChI=1S/C14H22O5S/c1-10(2)20(16,17)8-7-19-13-6-5-12(11(3)15)9-14(13)18-4/h5-6,9-11,15H,7-8H2,1-4H3. The summed E-state index contributed by atoms with van der Waals surface area (Å²) in [6.07, 6.45) is -0.598. The Labute approximate surface area is 120 Å². The lowest BCUT2D eigenvalue weighted by atomic mass is 10.1. The van der Waals surface area contributed by atoms with Crippen molar-refractivity contribution in [3.63, 3.8) is 0 Å². The molecule has 0 bridgehead atoms. The molecule has 1 atom stereocenters. The molecule has 20 heavy (non-hydrogen) atoms. The molecule has 6 heteroatoms. The molecule has 0 aliphatic rings. The lowest BCUT2D eigenvalue weighted by Crippen LogP contribution is -2.22. The Kier molecular flexibility index (Phi) is 5.83. The van der Waals surface area contributed by atoms with E-state index in [1.54, 1.807) is 39.0 Å². The van der Waals surface area contributed by atoms with Gasteiger partial charge in [0.2, 0.25) is 0 Å². The van der Waals surface area contributed by atoms with Gasteiger partial charge in [0.15, 0.2) is 21.3 Å². The van der Waals surface area contributed by atoms with E-state index in [1.807, 2.05) is 0 Å². The summed E-state index contributed by atoms with van der Waals surface area (Å²) >= 11 is 0. The molecule has 1 unspecified atom stereocenters. The normalized spacial score (nSPS) is 13.3. The molecular formula is C14H22O5S. The Morgan fingerprint density at radius 3 is 2.35 bits per heavy atom. The highest BCUT2D eigenvalue weighted by Gasteiger charge is 2.16. The van der Waals surface area contributed by atoms with Crippen molar-refractivity contribution < 1.29 is 23.0 Å². The van der Waals surface area contributed by atoms with Gasteiger partial charge in [0.25, 0.3) is 0 Å². The third-order valence-electron chi connectivity index (χ3n) is 3.01. The number of aliphatic hydroxyl groups excluding tert-OH is 1. The van der Waals surface area contributed by atoms with Crippen LogP contribution in [0.4, 0.5) is 0 Å². The first-order valence-corrected chi connectivity index (χ1v) is 8.20. The Balaban J connectivity index is 2.74. The van der Waals surface area contributed by atoms with Gasteiger partial charge in [-0.25, -0.2) is 8.42 Å². The molecule has 0 saturated carbocycles. The fourth-order valence-corrected chi connectivity index (χ4v) is 2.35. The Bertz CT molecular complexity index is 534. The summed E-state index contributed by atoms with van der Waals surface area (Å²) in [6.45, 7) is 5.02. The molecular weight excluding hydrogens is 280 g/mol. The van der Waals surface area contributed by atoms with Crippen molar-refractivity contribution in [3.05, 3.63) is 23.8 Å². The molecule has 0 saturated heterocycles. The fraction of sp³-hybridized carbons (Fsp3) is 0.571. The fourth-order valence-electron chi connectivity index (χ4n) is 1.57. The van der Waals surface area contributed by atoms with Gasteiger partial charge in [0.05, 0.1) is 24.2 Å². The number of rotatable bonds is 7. The third kappa shape index (κ3) is 4.38. The second-order valence-electron chi connectivity index (χ2n) is 4.85. The molecule has 0 heterocycles. The van der Waals surface area contributed by atoms with Crippen LogP contribution in [0, 0.1) is 0 Å². The lowest BCUT2D eigenvalue weighted by molar-refractivity contribution is 0.198. The van der Waals surface area contributed by atoms with Crippen LogP contribution in [-0.4, -0.2) is 38.2 Å². The van der Waals surface area contributed by atoms with Gasteiger partial charge in [-0.15, -0.1) is 0 Å². The van der Waals surface area contributed by atoms with Gasteiger partial charge in [-0.3, -0.25) is 0 Å². The largest absolute Gasteiger partial charge is 0.493 e. The van der Waals surface area contributed by atoms with Crippen LogP contribution in [-0.2, 0) is 9.84 Å². The maximum Gasteiger partial charge on any atom is 0.161 e. The van der Waals surface area contributed by atoms with Gasteiger partial charge in [-0.1, -0.05) is 6.07 Å². The second-order valence-corrected chi connectivity index (χ2v) is 7.53. The summed E-state index contributed by atoms with van der Waals surface area (Å²) in [7, 11) is -1.62. The molecule has 0 aromatic heterocycles. The van der Waals surface area contributed by atoms with Crippen LogP contribution in [0.5, 0.6) is 11.5 Å². The number of hydrogen-bond acceptors (Lipinski definition) is 5. The van der Waals surface area contributed by atoms with Gasteiger partial charge in [-0.2, -0.15) is 0 Å². The van der Waals surface area contributed by atoms with E-state index in [0.29, 0.717) is 17.1 Å². The van der Waals surface area contributed by atoms with E-state index in [2.05, 4.69) is 0 Å². The van der Waals surface area contributed by atoms with Crippen LogP contribution in [0.2, 0.25) is 0 Å². The summed E-state index contributed by atoms with van der Waals surface area (Å²) in [4.78, 5) is 0. The highest BCUT2D eigenvalue weighted by Crippen LogP contribution is 2.30. The van der Waals surface area contributed by atoms with Crippen LogP contribution >= 0.6 is 0 Å². The number of sulfone groups is 1. The number of ether oxygens (including phenoxy) is 2. The number of aliphatic hydroxyl groups is 1. The van der Waals surface area contributed by atoms with E-state index in [1.165, 1.54) is 7.11 Å². The van der Waals surface area contributed by atoms with Crippen molar-refractivity contribution in [2.45, 2.75) is 32.1 Å². The molecule has 0 aliphatic carbocycles. The van der Waals surface area contributed by atoms with E-state index >= 15 is 0 Å². The molecule has 1 N–H and O–H groups in total. The summed E-state index contributed by atoms with van der Waals surface area (Å²) in [5.74, 6) is 0.910. The molecule has 0 radical (unpaired) electrons. The summed E-state index contributed by atoms with van der Waals surface area (Å²) in [5, 5.41) is 9.09. The summed E-state index contributed by atoms with van der Waals surface area (Å²) in [6, 6.07) is 5.07. The third-order valence-corrected chi connectivity index (χ3v) is 5.19. The predicted molar refractivity (Wildman–Crippen MR) is 78.0 cm³/mol. The molecule has 5 nitrogen and oxygen atoms in total. The van der Waals surface area contributed by atoms with Crippen molar-refractivity contribution in [1.29, 1.82) is 0 Å². The first-order chi connectivity index (χ1) is 9.27. The zero-order valence-electron chi connectivity index (χ0n) is 12.3. The number of benzene rings is 1. The van der Waals surface area contributed by atoms with E-state index in [-0.39, 0.29) is 12.4 Å². The van der Waals surface area contributed by atoms with Crippen molar-refractivity contribution in [2.24, 2.45) is 0 Å². The first kappa shape index (κ1) is 16.8. The molecule has 0 spiro atoms. The average molecular weight is 302 g/mol. The molecule has 114 valence electrons. The van der Waals surface area contributed by atoms with Gasteiger partial charge >= 0.3 is 0 Å². The van der Waals surface area contributed by atoms with E-state index in [9.17, 15) is 13.5 Å². The van der Waals surface area contributed by atoms with Gasteiger partial charge in [0.1, 0.15) is 6.61 Å². The van der Waals surface area contributed by atoms with Crippen molar-refractivity contribution >= 4 is 9.84 Å². The summed E-state index contributed by atoms with van der Waals surface area (Å²) < 4.78 is 34.0. The van der Waals surface area contributed by atoms with E-state index in [4.69, 9.17) is 9.47 Å². The van der Waals surface area contributed by atoms with Crippen LogP contribution in [0.3, 0.4) is 0 Å². The monoisotopic (exact) mass is 302 g/mol. The zero-order valence-corrected chi connectivity index (χ0v) is 13.1. The Hall–Kier alpha value is -1.27. The minimum absolute atomic E-state index is 0.0357. The average Bonchev–Trinajstić information content (AvgIpc) is 2.38. The number of hydrogen-bond donors (Lipinski definition) is 1. The molecule has 0 fully saturated rings. The minimum atomic E-state index is -3.12. The zero-order chi connectivity index (χ0) is 15.3. The molecule has 1 aromatic carbocycles. The van der Waals surface area contributed by atoms with Crippen molar-refractivity contribution in [3.8, 4) is 11.5 Å².